The van der Waals surface area contributed by atoms with Crippen LogP contribution >= 0.6 is 11.6 Å². The molecule has 176 valence electrons. The van der Waals surface area contributed by atoms with Crippen LogP contribution in [0.5, 0.6) is 5.75 Å². The lowest BCUT2D eigenvalue weighted by Gasteiger charge is -2.32. The Balaban J connectivity index is 1.64. The predicted octanol–water partition coefficient (Wildman–Crippen LogP) is 5.02. The van der Waals surface area contributed by atoms with Gasteiger partial charge in [-0.15, -0.1) is 0 Å². The number of carbonyl (C=O) groups excluding carboxylic acids is 2. The van der Waals surface area contributed by atoms with E-state index >= 15 is 0 Å². The quantitative estimate of drug-likeness (QED) is 0.327. The van der Waals surface area contributed by atoms with Gasteiger partial charge in [0.25, 0.3) is 0 Å². The van der Waals surface area contributed by atoms with Gasteiger partial charge in [-0.05, 0) is 48.9 Å². The zero-order valence-electron chi connectivity index (χ0n) is 17.5. The van der Waals surface area contributed by atoms with Crippen LogP contribution in [0, 0.1) is 5.82 Å². The molecule has 1 aliphatic rings. The number of hydrogen-bond donors (Lipinski definition) is 0. The van der Waals surface area contributed by atoms with E-state index in [0.717, 1.165) is 24.3 Å². The molecule has 0 bridgehead atoms. The van der Waals surface area contributed by atoms with Crippen molar-refractivity contribution < 1.29 is 36.6 Å². The van der Waals surface area contributed by atoms with Crippen LogP contribution in [0.4, 0.5) is 17.6 Å². The maximum atomic E-state index is 13.2. The van der Waals surface area contributed by atoms with Crippen LogP contribution in [-0.4, -0.2) is 49.0 Å². The SMILES string of the molecule is CC(=O)c1cc(Cl)ccc1OCC1CN(C(=O)C=Cc2ccc(F)cc2C(F)(F)F)CCO1. The molecule has 1 unspecified atom stereocenters. The third-order valence-corrected chi connectivity index (χ3v) is 5.16. The van der Waals surface area contributed by atoms with E-state index in [1.807, 2.05) is 0 Å². The summed E-state index contributed by atoms with van der Waals surface area (Å²) in [6, 6.07) is 6.89. The summed E-state index contributed by atoms with van der Waals surface area (Å²) < 4.78 is 63.9. The van der Waals surface area contributed by atoms with E-state index in [4.69, 9.17) is 21.1 Å². The predicted molar refractivity (Wildman–Crippen MR) is 114 cm³/mol. The van der Waals surface area contributed by atoms with Crippen molar-refractivity contribution >= 4 is 29.4 Å². The first-order valence-electron chi connectivity index (χ1n) is 9.93. The number of hydrogen-bond acceptors (Lipinski definition) is 4. The van der Waals surface area contributed by atoms with Crippen molar-refractivity contribution in [2.75, 3.05) is 26.3 Å². The second kappa shape index (κ2) is 10.4. The number of benzene rings is 2. The molecule has 0 radical (unpaired) electrons. The Morgan fingerprint density at radius 3 is 2.70 bits per heavy atom. The first-order valence-corrected chi connectivity index (χ1v) is 10.3. The van der Waals surface area contributed by atoms with Gasteiger partial charge in [-0.2, -0.15) is 13.2 Å². The fourth-order valence-corrected chi connectivity index (χ4v) is 3.46. The van der Waals surface area contributed by atoms with Crippen molar-refractivity contribution in [1.82, 2.24) is 4.90 Å². The number of Topliss-reactive ketones (excluding diaryl/α,β-unsaturated/α-hetero) is 1. The molecule has 5 nitrogen and oxygen atoms in total. The molecular weight excluding hydrogens is 466 g/mol. The molecule has 0 saturated carbocycles. The van der Waals surface area contributed by atoms with Crippen molar-refractivity contribution in [3.63, 3.8) is 0 Å². The number of halogens is 5. The van der Waals surface area contributed by atoms with E-state index in [2.05, 4.69) is 0 Å². The van der Waals surface area contributed by atoms with Gasteiger partial charge in [0.05, 0.1) is 24.3 Å². The molecule has 0 aliphatic carbocycles. The molecule has 0 spiro atoms. The van der Waals surface area contributed by atoms with E-state index in [9.17, 15) is 27.2 Å². The summed E-state index contributed by atoms with van der Waals surface area (Å²) in [7, 11) is 0. The number of amides is 1. The zero-order valence-corrected chi connectivity index (χ0v) is 18.3. The first-order chi connectivity index (χ1) is 15.5. The Hall–Kier alpha value is -2.91. The van der Waals surface area contributed by atoms with Gasteiger partial charge in [0.15, 0.2) is 5.78 Å². The molecular formula is C23H20ClF4NO4. The molecule has 1 fully saturated rings. The number of rotatable bonds is 6. The highest BCUT2D eigenvalue weighted by molar-refractivity contribution is 6.31. The maximum absolute atomic E-state index is 13.2. The number of morpholine rings is 1. The normalized spacial score (nSPS) is 16.8. The van der Waals surface area contributed by atoms with Crippen molar-refractivity contribution in [2.24, 2.45) is 0 Å². The molecule has 1 saturated heterocycles. The van der Waals surface area contributed by atoms with E-state index in [-0.39, 0.29) is 37.6 Å². The summed E-state index contributed by atoms with van der Waals surface area (Å²) >= 11 is 5.92. The van der Waals surface area contributed by atoms with Crippen LogP contribution < -0.4 is 4.74 Å². The van der Waals surface area contributed by atoms with Crippen LogP contribution in [0.2, 0.25) is 5.02 Å². The van der Waals surface area contributed by atoms with E-state index in [1.165, 1.54) is 17.9 Å². The largest absolute Gasteiger partial charge is 0.490 e. The summed E-state index contributed by atoms with van der Waals surface area (Å²) in [5, 5.41) is 0.389. The average molecular weight is 486 g/mol. The van der Waals surface area contributed by atoms with Gasteiger partial charge < -0.3 is 14.4 Å². The van der Waals surface area contributed by atoms with Gasteiger partial charge in [0.2, 0.25) is 5.91 Å². The van der Waals surface area contributed by atoms with Gasteiger partial charge >= 0.3 is 6.18 Å². The number of alkyl halides is 3. The van der Waals surface area contributed by atoms with Crippen LogP contribution in [0.1, 0.15) is 28.4 Å². The van der Waals surface area contributed by atoms with Crippen molar-refractivity contribution in [3.05, 3.63) is 70.0 Å². The number of carbonyl (C=O) groups is 2. The van der Waals surface area contributed by atoms with E-state index in [0.29, 0.717) is 22.4 Å². The minimum absolute atomic E-state index is 0.0472. The number of nitrogens with zero attached hydrogens (tertiary/aromatic N) is 1. The Morgan fingerprint density at radius 1 is 1.24 bits per heavy atom. The summed E-state index contributed by atoms with van der Waals surface area (Å²) in [5.74, 6) is -1.43. The monoisotopic (exact) mass is 485 g/mol. The van der Waals surface area contributed by atoms with Crippen LogP contribution in [0.15, 0.2) is 42.5 Å². The Labute approximate surface area is 192 Å². The third kappa shape index (κ3) is 6.55. The summed E-state index contributed by atoms with van der Waals surface area (Å²) in [4.78, 5) is 25.7. The number of ketones is 1. The molecule has 1 heterocycles. The van der Waals surface area contributed by atoms with Crippen molar-refractivity contribution in [3.8, 4) is 5.75 Å². The molecule has 10 heteroatoms. The topological polar surface area (TPSA) is 55.8 Å². The van der Waals surface area contributed by atoms with Gasteiger partial charge in [-0.1, -0.05) is 17.7 Å². The fourth-order valence-electron chi connectivity index (χ4n) is 3.29. The maximum Gasteiger partial charge on any atom is 0.417 e. The second-order valence-electron chi connectivity index (χ2n) is 7.35. The molecule has 1 amide bonds. The lowest BCUT2D eigenvalue weighted by molar-refractivity contribution is -0.138. The number of ether oxygens (including phenoxy) is 2. The fraction of sp³-hybridized carbons (Fsp3) is 0.304. The van der Waals surface area contributed by atoms with E-state index in [1.54, 1.807) is 12.1 Å². The summed E-state index contributed by atoms with van der Waals surface area (Å²) in [5.41, 5.74) is -1.16. The van der Waals surface area contributed by atoms with Gasteiger partial charge in [0.1, 0.15) is 24.3 Å². The summed E-state index contributed by atoms with van der Waals surface area (Å²) in [6.45, 7) is 2.02. The standard InChI is InChI=1S/C23H20ClF4NO4/c1-14(30)19-10-16(24)4-6-21(19)33-13-18-12-29(8-9-32-18)22(31)7-3-15-2-5-17(25)11-20(15)23(26,27)28/h2-7,10-11,18H,8-9,12-13H2,1H3. The molecule has 33 heavy (non-hydrogen) atoms. The van der Waals surface area contributed by atoms with Gasteiger partial charge in [0, 0.05) is 17.6 Å². The second-order valence-corrected chi connectivity index (χ2v) is 7.78. The molecule has 2 aromatic rings. The Bertz CT molecular complexity index is 1070. The minimum Gasteiger partial charge on any atom is -0.490 e. The van der Waals surface area contributed by atoms with Crippen LogP contribution in [-0.2, 0) is 15.7 Å². The lowest BCUT2D eigenvalue weighted by Crippen LogP contribution is -2.47. The lowest BCUT2D eigenvalue weighted by atomic mass is 10.1. The van der Waals surface area contributed by atoms with Gasteiger partial charge in [-0.25, -0.2) is 4.39 Å². The highest BCUT2D eigenvalue weighted by Gasteiger charge is 2.33. The average Bonchev–Trinajstić information content (AvgIpc) is 2.76. The molecule has 0 N–H and O–H groups in total. The molecule has 1 aliphatic heterocycles. The Morgan fingerprint density at radius 2 is 2.00 bits per heavy atom. The first kappa shape index (κ1) is 24.7. The highest BCUT2D eigenvalue weighted by atomic mass is 35.5. The highest BCUT2D eigenvalue weighted by Crippen LogP contribution is 2.33. The Kier molecular flexibility index (Phi) is 7.76. The smallest absolute Gasteiger partial charge is 0.417 e. The zero-order chi connectivity index (χ0) is 24.2. The third-order valence-electron chi connectivity index (χ3n) is 4.92. The van der Waals surface area contributed by atoms with Gasteiger partial charge in [-0.3, -0.25) is 9.59 Å². The molecule has 3 rings (SSSR count). The van der Waals surface area contributed by atoms with Crippen molar-refractivity contribution in [1.29, 1.82) is 0 Å². The summed E-state index contributed by atoms with van der Waals surface area (Å²) in [6.07, 6.45) is -3.24. The minimum atomic E-state index is -4.76. The van der Waals surface area contributed by atoms with E-state index < -0.39 is 29.6 Å². The molecule has 2 aromatic carbocycles. The molecule has 1 atom stereocenters. The molecule has 0 aromatic heterocycles. The van der Waals surface area contributed by atoms with Crippen molar-refractivity contribution in [2.45, 2.75) is 19.2 Å². The van der Waals surface area contributed by atoms with Crippen LogP contribution in [0.3, 0.4) is 0 Å². The van der Waals surface area contributed by atoms with Crippen LogP contribution in [0.25, 0.3) is 6.08 Å².